The number of aliphatic hydroxyl groups is 8. The van der Waals surface area contributed by atoms with Gasteiger partial charge in [0.2, 0.25) is 0 Å². The lowest BCUT2D eigenvalue weighted by atomic mass is 9.33. The van der Waals surface area contributed by atoms with Gasteiger partial charge in [0, 0.05) is 0 Å². The molecule has 0 amide bonds. The summed E-state index contributed by atoms with van der Waals surface area (Å²) < 4.78 is 43.1. The molecular weight excluding hydrogens is 857 g/mol. The molecule has 0 aromatic carbocycles. The molecule has 0 bridgehead atoms. The van der Waals surface area contributed by atoms with E-state index in [1.54, 1.807) is 0 Å². The largest absolute Gasteiger partial charge is 0.466 e. The molecule has 8 N–H and O–H groups in total. The van der Waals surface area contributed by atoms with E-state index < -0.39 is 116 Å². The molecule has 0 aromatic rings. The van der Waals surface area contributed by atoms with Crippen LogP contribution in [0.5, 0.6) is 0 Å². The summed E-state index contributed by atoms with van der Waals surface area (Å²) in [6.07, 6.45) is -10.7. The normalized spacial score (nSPS) is 53.3. The van der Waals surface area contributed by atoms with Gasteiger partial charge in [0.15, 0.2) is 18.9 Å². The van der Waals surface area contributed by atoms with Gasteiger partial charge in [-0.1, -0.05) is 60.1 Å². The molecule has 0 spiro atoms. The third-order valence-corrected chi connectivity index (χ3v) is 19.6. The zero-order valence-electron chi connectivity index (χ0n) is 40.9. The monoisotopic (exact) mass is 939 g/mol. The number of hydrogen-bond acceptors (Lipinski definition) is 16. The van der Waals surface area contributed by atoms with Crippen molar-refractivity contribution < 1.29 is 78.8 Å². The Morgan fingerprint density at radius 3 is 1.85 bits per heavy atom. The molecule has 8 rings (SSSR count). The quantitative estimate of drug-likeness (QED) is 0.0940. The van der Waals surface area contributed by atoms with Crippen molar-refractivity contribution in [1.82, 2.24) is 0 Å². The van der Waals surface area contributed by atoms with Crippen molar-refractivity contribution in [2.45, 2.75) is 232 Å². The first-order valence-electron chi connectivity index (χ1n) is 25.0. The first kappa shape index (κ1) is 51.0. The maximum Gasteiger partial charge on any atom is 0.312 e. The molecule has 0 unspecified atom stereocenters. The molecule has 0 aromatic heterocycles. The molecule has 378 valence electrons. The Bertz CT molecular complexity index is 1790. The van der Waals surface area contributed by atoms with E-state index in [2.05, 4.69) is 54.5 Å². The van der Waals surface area contributed by atoms with E-state index in [9.17, 15) is 45.6 Å². The van der Waals surface area contributed by atoms with Crippen LogP contribution in [0.4, 0.5) is 0 Å². The summed E-state index contributed by atoms with van der Waals surface area (Å²) in [7, 11) is 0. The Kier molecular flexibility index (Phi) is 14.0. The Labute approximate surface area is 390 Å². The van der Waals surface area contributed by atoms with Crippen LogP contribution in [-0.4, -0.2) is 158 Å². The summed E-state index contributed by atoms with van der Waals surface area (Å²) >= 11 is 0. The predicted octanol–water partition coefficient (Wildman–Crippen LogP) is 3.24. The second-order valence-electron chi connectivity index (χ2n) is 23.9. The number of aliphatic hydroxyl groups excluding tert-OH is 8. The van der Waals surface area contributed by atoms with Crippen LogP contribution in [0.25, 0.3) is 0 Å². The Balaban J connectivity index is 1.06. The zero-order valence-corrected chi connectivity index (χ0v) is 40.9. The predicted molar refractivity (Wildman–Crippen MR) is 237 cm³/mol. The van der Waals surface area contributed by atoms with Crippen molar-refractivity contribution in [3.8, 4) is 0 Å². The third-order valence-electron chi connectivity index (χ3n) is 19.6. The van der Waals surface area contributed by atoms with Gasteiger partial charge in [0.1, 0.15) is 61.0 Å². The van der Waals surface area contributed by atoms with Gasteiger partial charge >= 0.3 is 5.97 Å². The van der Waals surface area contributed by atoms with Crippen LogP contribution >= 0.6 is 0 Å². The molecule has 3 heterocycles. The van der Waals surface area contributed by atoms with E-state index in [1.165, 1.54) is 19.4 Å². The fourth-order valence-electron chi connectivity index (χ4n) is 15.3. The van der Waals surface area contributed by atoms with Crippen molar-refractivity contribution in [1.29, 1.82) is 0 Å². The molecule has 3 saturated heterocycles. The average Bonchev–Trinajstić information content (AvgIpc) is 3.25. The molecule has 0 radical (unpaired) electrons. The molecule has 8 aliphatic rings. The van der Waals surface area contributed by atoms with E-state index in [0.717, 1.165) is 57.8 Å². The average molecular weight is 939 g/mol. The lowest BCUT2D eigenvalue weighted by molar-refractivity contribution is -0.393. The minimum atomic E-state index is -1.73. The SMILES string of the molecule is CCOC(=O)[C@]12CCC(C)(C)C[C@H]1C1=CC[C@@H]3[C@@]4(C)CC[C@H](O[C@@H]5O[C@H](CO)[C@@H](O[C@@H]6O[C@@H](C)[C@H](O)[C@@H](O)[C@H]6O)[C@H](O)[C@H]5O[C@@H]5O[C@@H](C)[C@H](O)[C@@H](O)[C@H]5O)C(C)(C)[C@@H]4CC[C@@]3(C)[C@]1(C)CC2. The first-order chi connectivity index (χ1) is 30.8. The minimum Gasteiger partial charge on any atom is -0.466 e. The van der Waals surface area contributed by atoms with E-state index in [-0.39, 0.29) is 39.5 Å². The molecule has 66 heavy (non-hydrogen) atoms. The number of carbonyl (C=O) groups is 1. The van der Waals surface area contributed by atoms with Crippen LogP contribution < -0.4 is 0 Å². The van der Waals surface area contributed by atoms with Crippen LogP contribution in [0.2, 0.25) is 0 Å². The number of rotatable bonds is 9. The van der Waals surface area contributed by atoms with Crippen molar-refractivity contribution in [3.63, 3.8) is 0 Å². The van der Waals surface area contributed by atoms with E-state index in [4.69, 9.17) is 33.2 Å². The lowest BCUT2D eigenvalue weighted by Crippen LogP contribution is -2.68. The summed E-state index contributed by atoms with van der Waals surface area (Å²) in [5.74, 6) is 0.700. The van der Waals surface area contributed by atoms with Crippen molar-refractivity contribution in [2.75, 3.05) is 13.2 Å². The van der Waals surface area contributed by atoms with E-state index in [1.807, 2.05) is 6.92 Å². The highest BCUT2D eigenvalue weighted by atomic mass is 16.8. The smallest absolute Gasteiger partial charge is 0.312 e. The highest BCUT2D eigenvalue weighted by Crippen LogP contribution is 2.76. The van der Waals surface area contributed by atoms with Crippen LogP contribution in [0.1, 0.15) is 133 Å². The highest BCUT2D eigenvalue weighted by molar-refractivity contribution is 5.78. The number of hydrogen-bond donors (Lipinski definition) is 8. The maximum atomic E-state index is 14.0. The summed E-state index contributed by atoms with van der Waals surface area (Å²) in [4.78, 5) is 14.0. The molecule has 3 aliphatic heterocycles. The second-order valence-corrected chi connectivity index (χ2v) is 23.9. The van der Waals surface area contributed by atoms with Crippen LogP contribution in [0.15, 0.2) is 11.6 Å². The van der Waals surface area contributed by atoms with Crippen molar-refractivity contribution in [3.05, 3.63) is 11.6 Å². The van der Waals surface area contributed by atoms with Gasteiger partial charge < -0.3 is 74.0 Å². The first-order valence-corrected chi connectivity index (χ1v) is 25.0. The topological polar surface area (TPSA) is 244 Å². The van der Waals surface area contributed by atoms with Gasteiger partial charge in [0.25, 0.3) is 0 Å². The molecular formula is C50H82O16. The lowest BCUT2D eigenvalue weighted by Gasteiger charge is -2.71. The van der Waals surface area contributed by atoms with Gasteiger partial charge in [-0.2, -0.15) is 0 Å². The number of carbonyl (C=O) groups excluding carboxylic acids is 1. The Hall–Kier alpha value is -1.35. The van der Waals surface area contributed by atoms with Crippen molar-refractivity contribution in [2.24, 2.45) is 50.2 Å². The van der Waals surface area contributed by atoms with Gasteiger partial charge in [-0.3, -0.25) is 4.79 Å². The molecule has 16 nitrogen and oxygen atoms in total. The molecule has 5 aliphatic carbocycles. The number of allylic oxidation sites excluding steroid dienone is 2. The number of fused-ring (bicyclic) bond motifs is 7. The standard InChI is InChI=1S/C50H82O16/c1-11-60-44(59)50-20-18-45(4,5)22-27(50)26-12-13-30-47(8)16-15-31(46(6,7)29(47)14-17-49(30,10)48(26,9)19-21-50)64-43-40(66-42-37(57)35(55)33(53)25(3)62-42)38(58)39(28(23-51)63-43)65-41-36(56)34(54)32(52)24(2)61-41/h12,24-25,27-43,51-58H,11,13-23H2,1-10H3/t24-,25-,27-,28+,29-,30+,31-,32-,33-,34+,35+,36+,37+,38-,39+,40+,41-,42-,43-,47-,48+,49+,50-/m0/s1. The number of esters is 1. The van der Waals surface area contributed by atoms with E-state index >= 15 is 0 Å². The minimum absolute atomic E-state index is 0.0208. The zero-order chi connectivity index (χ0) is 48.3. The third kappa shape index (κ3) is 7.99. The fraction of sp³-hybridized carbons (Fsp3) is 0.940. The van der Waals surface area contributed by atoms with Gasteiger partial charge in [0.05, 0.1) is 36.9 Å². The fourth-order valence-corrected chi connectivity index (χ4v) is 15.3. The Morgan fingerprint density at radius 2 is 1.26 bits per heavy atom. The molecule has 7 fully saturated rings. The van der Waals surface area contributed by atoms with Crippen LogP contribution in [0.3, 0.4) is 0 Å². The van der Waals surface area contributed by atoms with Crippen molar-refractivity contribution >= 4 is 5.97 Å². The number of ether oxygens (including phenoxy) is 7. The maximum absolute atomic E-state index is 14.0. The van der Waals surface area contributed by atoms with Gasteiger partial charge in [-0.05, 0) is 130 Å². The van der Waals surface area contributed by atoms with E-state index in [0.29, 0.717) is 18.9 Å². The van der Waals surface area contributed by atoms with Crippen LogP contribution in [0, 0.1) is 50.2 Å². The Morgan fingerprint density at radius 1 is 0.667 bits per heavy atom. The second kappa shape index (κ2) is 18.0. The molecule has 4 saturated carbocycles. The molecule has 16 heteroatoms. The summed E-state index contributed by atoms with van der Waals surface area (Å²) in [5.41, 5.74) is 0.482. The summed E-state index contributed by atoms with van der Waals surface area (Å²) in [5, 5.41) is 86.8. The molecule has 23 atom stereocenters. The highest BCUT2D eigenvalue weighted by Gasteiger charge is 2.70. The summed E-state index contributed by atoms with van der Waals surface area (Å²) in [6, 6.07) is 0. The van der Waals surface area contributed by atoms with Gasteiger partial charge in [-0.25, -0.2) is 0 Å². The summed E-state index contributed by atoms with van der Waals surface area (Å²) in [6.45, 7) is 21.3. The van der Waals surface area contributed by atoms with Gasteiger partial charge in [-0.15, -0.1) is 0 Å². The van der Waals surface area contributed by atoms with Crippen LogP contribution in [-0.2, 0) is 38.0 Å².